The highest BCUT2D eigenvalue weighted by Crippen LogP contribution is 2.27. The summed E-state index contributed by atoms with van der Waals surface area (Å²) < 4.78 is 15.3. The molecule has 0 amide bonds. The lowest BCUT2D eigenvalue weighted by Crippen LogP contribution is -2.34. The molecule has 1 unspecified atom stereocenters. The fourth-order valence-electron chi connectivity index (χ4n) is 1.73. The predicted octanol–water partition coefficient (Wildman–Crippen LogP) is 1.78. The molecule has 0 aliphatic carbocycles. The molecule has 2 aromatic rings. The van der Waals surface area contributed by atoms with Crippen molar-refractivity contribution in [3.05, 3.63) is 53.6 Å². The second kappa shape index (κ2) is 3.72. The SMILES string of the molecule is Cn1cc(C(C)(N)c2ccccc2F)cn1. The molecule has 0 radical (unpaired) electrons. The summed E-state index contributed by atoms with van der Waals surface area (Å²) in [6.45, 7) is 1.78. The number of hydrogen-bond acceptors (Lipinski definition) is 2. The van der Waals surface area contributed by atoms with E-state index in [0.29, 0.717) is 5.56 Å². The molecule has 84 valence electrons. The smallest absolute Gasteiger partial charge is 0.128 e. The van der Waals surface area contributed by atoms with Crippen LogP contribution in [0.4, 0.5) is 4.39 Å². The third-order valence-electron chi connectivity index (χ3n) is 2.74. The van der Waals surface area contributed by atoms with Crippen LogP contribution in [0.25, 0.3) is 0 Å². The molecule has 16 heavy (non-hydrogen) atoms. The monoisotopic (exact) mass is 219 g/mol. The molecule has 0 fully saturated rings. The number of benzene rings is 1. The minimum absolute atomic E-state index is 0.295. The molecule has 0 spiro atoms. The second-order valence-electron chi connectivity index (χ2n) is 4.08. The summed E-state index contributed by atoms with van der Waals surface area (Å²) in [5.41, 5.74) is 6.59. The Kier molecular flexibility index (Phi) is 2.52. The van der Waals surface area contributed by atoms with E-state index in [0.717, 1.165) is 5.56 Å². The van der Waals surface area contributed by atoms with E-state index in [-0.39, 0.29) is 5.82 Å². The Bertz CT molecular complexity index is 502. The van der Waals surface area contributed by atoms with Crippen molar-refractivity contribution >= 4 is 0 Å². The summed E-state index contributed by atoms with van der Waals surface area (Å²) in [6.07, 6.45) is 3.46. The standard InChI is InChI=1S/C12H14FN3/c1-12(14,9-7-15-16(2)8-9)10-5-3-4-6-11(10)13/h3-8H,14H2,1-2H3. The van der Waals surface area contributed by atoms with Gasteiger partial charge in [-0.05, 0) is 13.0 Å². The molecular formula is C12H14FN3. The zero-order chi connectivity index (χ0) is 11.8. The normalized spacial score (nSPS) is 14.8. The maximum absolute atomic E-state index is 13.7. The fraction of sp³-hybridized carbons (Fsp3) is 0.250. The van der Waals surface area contributed by atoms with Crippen LogP contribution in [0.1, 0.15) is 18.1 Å². The molecule has 3 nitrogen and oxygen atoms in total. The van der Waals surface area contributed by atoms with Crippen LogP contribution < -0.4 is 5.73 Å². The van der Waals surface area contributed by atoms with Gasteiger partial charge in [0.05, 0.1) is 11.7 Å². The lowest BCUT2D eigenvalue weighted by Gasteiger charge is -2.24. The summed E-state index contributed by atoms with van der Waals surface area (Å²) in [5.74, 6) is -0.295. The van der Waals surface area contributed by atoms with Gasteiger partial charge in [0, 0.05) is 24.4 Å². The quantitative estimate of drug-likeness (QED) is 0.836. The Morgan fingerprint density at radius 1 is 1.38 bits per heavy atom. The Morgan fingerprint density at radius 2 is 2.06 bits per heavy atom. The number of nitrogens with zero attached hydrogens (tertiary/aromatic N) is 2. The summed E-state index contributed by atoms with van der Waals surface area (Å²) in [5, 5.41) is 4.05. The average molecular weight is 219 g/mol. The first kappa shape index (κ1) is 10.8. The van der Waals surface area contributed by atoms with Gasteiger partial charge in [0.2, 0.25) is 0 Å². The van der Waals surface area contributed by atoms with Crippen molar-refractivity contribution < 1.29 is 4.39 Å². The number of halogens is 1. The average Bonchev–Trinajstić information content (AvgIpc) is 2.66. The molecule has 2 N–H and O–H groups in total. The molecule has 1 aromatic carbocycles. The maximum Gasteiger partial charge on any atom is 0.128 e. The van der Waals surface area contributed by atoms with Gasteiger partial charge in [0.15, 0.2) is 0 Å². The second-order valence-corrected chi connectivity index (χ2v) is 4.08. The van der Waals surface area contributed by atoms with Gasteiger partial charge in [-0.1, -0.05) is 18.2 Å². The molecule has 0 aliphatic heterocycles. The van der Waals surface area contributed by atoms with E-state index in [2.05, 4.69) is 5.10 Å². The van der Waals surface area contributed by atoms with Crippen LogP contribution in [-0.4, -0.2) is 9.78 Å². The molecule has 4 heteroatoms. The fourth-order valence-corrected chi connectivity index (χ4v) is 1.73. The van der Waals surface area contributed by atoms with Gasteiger partial charge in [0.25, 0.3) is 0 Å². The molecule has 0 bridgehead atoms. The Labute approximate surface area is 93.7 Å². The number of aromatic nitrogens is 2. The van der Waals surface area contributed by atoms with Crippen molar-refractivity contribution in [3.63, 3.8) is 0 Å². The van der Waals surface area contributed by atoms with Gasteiger partial charge in [0.1, 0.15) is 5.82 Å². The highest BCUT2D eigenvalue weighted by molar-refractivity contribution is 5.35. The highest BCUT2D eigenvalue weighted by Gasteiger charge is 2.27. The van der Waals surface area contributed by atoms with E-state index in [1.807, 2.05) is 0 Å². The van der Waals surface area contributed by atoms with Gasteiger partial charge >= 0.3 is 0 Å². The molecule has 0 saturated carbocycles. The van der Waals surface area contributed by atoms with Gasteiger partial charge in [-0.15, -0.1) is 0 Å². The van der Waals surface area contributed by atoms with Crippen LogP contribution in [0, 0.1) is 5.82 Å². The zero-order valence-corrected chi connectivity index (χ0v) is 9.31. The van der Waals surface area contributed by atoms with E-state index >= 15 is 0 Å². The first-order valence-electron chi connectivity index (χ1n) is 5.05. The predicted molar refractivity (Wildman–Crippen MR) is 60.2 cm³/mol. The molecular weight excluding hydrogens is 205 g/mol. The lowest BCUT2D eigenvalue weighted by molar-refractivity contribution is 0.530. The molecule has 2 rings (SSSR count). The molecule has 1 heterocycles. The minimum atomic E-state index is -0.862. The third-order valence-corrected chi connectivity index (χ3v) is 2.74. The zero-order valence-electron chi connectivity index (χ0n) is 9.31. The molecule has 0 aliphatic rings. The van der Waals surface area contributed by atoms with E-state index < -0.39 is 5.54 Å². The van der Waals surface area contributed by atoms with Crippen molar-refractivity contribution in [2.75, 3.05) is 0 Å². The van der Waals surface area contributed by atoms with E-state index in [1.54, 1.807) is 49.2 Å². The van der Waals surface area contributed by atoms with Crippen LogP contribution in [-0.2, 0) is 12.6 Å². The molecule has 1 atom stereocenters. The largest absolute Gasteiger partial charge is 0.318 e. The summed E-state index contributed by atoms with van der Waals surface area (Å²) in [7, 11) is 1.81. The number of nitrogens with two attached hydrogens (primary N) is 1. The van der Waals surface area contributed by atoms with Crippen molar-refractivity contribution in [1.29, 1.82) is 0 Å². The van der Waals surface area contributed by atoms with E-state index in [1.165, 1.54) is 6.07 Å². The highest BCUT2D eigenvalue weighted by atomic mass is 19.1. The first-order chi connectivity index (χ1) is 7.51. The van der Waals surface area contributed by atoms with Crippen LogP contribution in [0.3, 0.4) is 0 Å². The van der Waals surface area contributed by atoms with Gasteiger partial charge < -0.3 is 5.73 Å². The first-order valence-corrected chi connectivity index (χ1v) is 5.05. The van der Waals surface area contributed by atoms with Crippen LogP contribution in [0.5, 0.6) is 0 Å². The van der Waals surface area contributed by atoms with Crippen molar-refractivity contribution in [3.8, 4) is 0 Å². The topological polar surface area (TPSA) is 43.8 Å². The van der Waals surface area contributed by atoms with Gasteiger partial charge in [-0.3, -0.25) is 4.68 Å². The maximum atomic E-state index is 13.7. The number of hydrogen-bond donors (Lipinski definition) is 1. The van der Waals surface area contributed by atoms with Crippen molar-refractivity contribution in [2.45, 2.75) is 12.5 Å². The van der Waals surface area contributed by atoms with Crippen molar-refractivity contribution in [1.82, 2.24) is 9.78 Å². The Balaban J connectivity index is 2.50. The number of rotatable bonds is 2. The lowest BCUT2D eigenvalue weighted by atomic mass is 9.87. The van der Waals surface area contributed by atoms with Gasteiger partial charge in [-0.2, -0.15) is 5.10 Å². The minimum Gasteiger partial charge on any atom is -0.318 e. The Morgan fingerprint density at radius 3 is 2.62 bits per heavy atom. The van der Waals surface area contributed by atoms with E-state index in [9.17, 15) is 4.39 Å². The number of aryl methyl sites for hydroxylation is 1. The van der Waals surface area contributed by atoms with Gasteiger partial charge in [-0.25, -0.2) is 4.39 Å². The van der Waals surface area contributed by atoms with Crippen LogP contribution in [0.15, 0.2) is 36.7 Å². The summed E-state index contributed by atoms with van der Waals surface area (Å²) in [6, 6.07) is 6.54. The Hall–Kier alpha value is -1.68. The van der Waals surface area contributed by atoms with Crippen molar-refractivity contribution in [2.24, 2.45) is 12.8 Å². The summed E-state index contributed by atoms with van der Waals surface area (Å²) in [4.78, 5) is 0. The molecule has 1 aromatic heterocycles. The summed E-state index contributed by atoms with van der Waals surface area (Å²) >= 11 is 0. The van der Waals surface area contributed by atoms with E-state index in [4.69, 9.17) is 5.73 Å². The van der Waals surface area contributed by atoms with Crippen LogP contribution in [0.2, 0.25) is 0 Å². The third kappa shape index (κ3) is 1.72. The molecule has 0 saturated heterocycles. The van der Waals surface area contributed by atoms with Crippen LogP contribution >= 0.6 is 0 Å².